The molecule has 1 aliphatic heterocycles. The van der Waals surface area contributed by atoms with Gasteiger partial charge >= 0.3 is 0 Å². The topological polar surface area (TPSA) is 15.3 Å². The number of benzene rings is 1. The highest BCUT2D eigenvalue weighted by Gasteiger charge is 2.24. The minimum absolute atomic E-state index is 0.287. The maximum absolute atomic E-state index is 6.45. The second kappa shape index (κ2) is 6.59. The average Bonchev–Trinajstić information content (AvgIpc) is 2.59. The van der Waals surface area contributed by atoms with Crippen molar-refractivity contribution in [2.24, 2.45) is 0 Å². The van der Waals surface area contributed by atoms with E-state index in [0.717, 1.165) is 18.1 Å². The number of rotatable bonds is 3. The van der Waals surface area contributed by atoms with Crippen LogP contribution in [-0.2, 0) is 0 Å². The summed E-state index contributed by atoms with van der Waals surface area (Å²) in [6, 6.07) is 6.77. The normalized spacial score (nSPS) is 20.6. The average molecular weight is 313 g/mol. The van der Waals surface area contributed by atoms with Crippen molar-refractivity contribution in [2.45, 2.75) is 38.0 Å². The molecule has 0 radical (unpaired) electrons. The molecule has 1 heterocycles. The van der Waals surface area contributed by atoms with Gasteiger partial charge in [0.1, 0.15) is 0 Å². The van der Waals surface area contributed by atoms with Crippen LogP contribution >= 0.6 is 23.4 Å². The van der Waals surface area contributed by atoms with Crippen LogP contribution in [0, 0.1) is 0 Å². The Morgan fingerprint density at radius 2 is 2.10 bits per heavy atom. The lowest BCUT2D eigenvalue weighted by atomic mass is 10.1. The lowest BCUT2D eigenvalue weighted by molar-refractivity contribution is 0.637. The van der Waals surface area contributed by atoms with Gasteiger partial charge in [-0.3, -0.25) is 0 Å². The molecule has 20 heavy (non-hydrogen) atoms. The molecule has 0 aromatic heterocycles. The second-order valence-electron chi connectivity index (χ2n) is 6.06. The van der Waals surface area contributed by atoms with Gasteiger partial charge in [-0.25, -0.2) is 0 Å². The third-order valence-electron chi connectivity index (χ3n) is 4.09. The summed E-state index contributed by atoms with van der Waals surface area (Å²) in [4.78, 5) is 2.46. The van der Waals surface area contributed by atoms with Gasteiger partial charge in [-0.2, -0.15) is 11.8 Å². The van der Waals surface area contributed by atoms with Gasteiger partial charge < -0.3 is 10.2 Å². The molecular weight excluding hydrogens is 288 g/mol. The van der Waals surface area contributed by atoms with Crippen LogP contribution in [0.2, 0.25) is 5.02 Å². The van der Waals surface area contributed by atoms with E-state index in [1.165, 1.54) is 23.4 Å². The van der Waals surface area contributed by atoms with Crippen molar-refractivity contribution in [1.82, 2.24) is 5.32 Å². The standard InChI is InChI=1S/C16H25ClN2S/c1-12(18-4)14-6-5-13(11-15(14)17)19-8-7-16(2,3)20-10-9-19/h5-6,11-12,18H,7-10H2,1-4H3. The van der Waals surface area contributed by atoms with Gasteiger partial charge in [0.2, 0.25) is 0 Å². The lowest BCUT2D eigenvalue weighted by Crippen LogP contribution is -2.27. The van der Waals surface area contributed by atoms with Gasteiger partial charge in [-0.15, -0.1) is 0 Å². The Labute approximate surface area is 132 Å². The number of nitrogens with zero attached hydrogens (tertiary/aromatic N) is 1. The molecule has 1 saturated heterocycles. The molecular formula is C16H25ClN2S. The van der Waals surface area contributed by atoms with Crippen LogP contribution in [0.1, 0.15) is 38.8 Å². The minimum Gasteiger partial charge on any atom is -0.371 e. The van der Waals surface area contributed by atoms with Crippen LogP contribution in [0.15, 0.2) is 18.2 Å². The largest absolute Gasteiger partial charge is 0.371 e. The van der Waals surface area contributed by atoms with Crippen molar-refractivity contribution in [3.63, 3.8) is 0 Å². The molecule has 0 amide bonds. The summed E-state index contributed by atoms with van der Waals surface area (Å²) in [5.74, 6) is 1.18. The summed E-state index contributed by atoms with van der Waals surface area (Å²) in [5, 5.41) is 4.10. The molecule has 1 aromatic rings. The van der Waals surface area contributed by atoms with E-state index < -0.39 is 0 Å². The first kappa shape index (κ1) is 16.0. The van der Waals surface area contributed by atoms with E-state index in [-0.39, 0.29) is 6.04 Å². The molecule has 1 fully saturated rings. The van der Waals surface area contributed by atoms with Gasteiger partial charge in [0.25, 0.3) is 0 Å². The monoisotopic (exact) mass is 312 g/mol. The molecule has 0 spiro atoms. The zero-order chi connectivity index (χ0) is 14.8. The maximum atomic E-state index is 6.45. The fourth-order valence-electron chi connectivity index (χ4n) is 2.50. The summed E-state index contributed by atoms with van der Waals surface area (Å²) in [6.45, 7) is 9.02. The van der Waals surface area contributed by atoms with Crippen LogP contribution in [0.4, 0.5) is 5.69 Å². The van der Waals surface area contributed by atoms with E-state index in [0.29, 0.717) is 4.75 Å². The Bertz CT molecular complexity index is 462. The van der Waals surface area contributed by atoms with E-state index in [9.17, 15) is 0 Å². The fourth-order valence-corrected chi connectivity index (χ4v) is 3.94. The second-order valence-corrected chi connectivity index (χ2v) is 8.27. The molecule has 1 atom stereocenters. The summed E-state index contributed by atoms with van der Waals surface area (Å²) in [7, 11) is 1.96. The highest BCUT2D eigenvalue weighted by Crippen LogP contribution is 2.34. The molecule has 2 nitrogen and oxygen atoms in total. The first-order valence-corrected chi connectivity index (χ1v) is 8.65. The van der Waals surface area contributed by atoms with Gasteiger partial charge in [-0.1, -0.05) is 31.5 Å². The number of anilines is 1. The van der Waals surface area contributed by atoms with E-state index in [4.69, 9.17) is 11.6 Å². The predicted molar refractivity (Wildman–Crippen MR) is 92.3 cm³/mol. The van der Waals surface area contributed by atoms with Crippen molar-refractivity contribution in [2.75, 3.05) is 30.8 Å². The van der Waals surface area contributed by atoms with E-state index >= 15 is 0 Å². The van der Waals surface area contributed by atoms with Crippen molar-refractivity contribution in [3.05, 3.63) is 28.8 Å². The van der Waals surface area contributed by atoms with Crippen molar-refractivity contribution in [1.29, 1.82) is 0 Å². The minimum atomic E-state index is 0.287. The van der Waals surface area contributed by atoms with Crippen LogP contribution in [0.25, 0.3) is 0 Å². The van der Waals surface area contributed by atoms with Gasteiger partial charge in [0.15, 0.2) is 0 Å². The van der Waals surface area contributed by atoms with Crippen LogP contribution in [0.3, 0.4) is 0 Å². The molecule has 0 aliphatic carbocycles. The quantitative estimate of drug-likeness (QED) is 0.893. The molecule has 1 aliphatic rings. The molecule has 4 heteroatoms. The Hall–Kier alpha value is -0.380. The Morgan fingerprint density at radius 3 is 2.75 bits per heavy atom. The summed E-state index contributed by atoms with van der Waals surface area (Å²) in [5.41, 5.74) is 2.42. The summed E-state index contributed by atoms with van der Waals surface area (Å²) >= 11 is 8.52. The molecule has 1 unspecified atom stereocenters. The van der Waals surface area contributed by atoms with Gasteiger partial charge in [0.05, 0.1) is 0 Å². The zero-order valence-corrected chi connectivity index (χ0v) is 14.4. The molecule has 0 saturated carbocycles. The number of halogens is 1. The van der Waals surface area contributed by atoms with E-state index in [1.54, 1.807) is 0 Å². The predicted octanol–water partition coefficient (Wildman–Crippen LogP) is 4.34. The van der Waals surface area contributed by atoms with Gasteiger partial charge in [0, 0.05) is 40.3 Å². The first-order chi connectivity index (χ1) is 9.43. The van der Waals surface area contributed by atoms with Crippen LogP contribution in [0.5, 0.6) is 0 Å². The molecule has 1 aromatic carbocycles. The van der Waals surface area contributed by atoms with Crippen molar-refractivity contribution < 1.29 is 0 Å². The summed E-state index contributed by atoms with van der Waals surface area (Å²) < 4.78 is 0.388. The van der Waals surface area contributed by atoms with Crippen molar-refractivity contribution >= 4 is 29.1 Å². The molecule has 1 N–H and O–H groups in total. The van der Waals surface area contributed by atoms with Crippen LogP contribution in [-0.4, -0.2) is 30.6 Å². The third kappa shape index (κ3) is 3.84. The maximum Gasteiger partial charge on any atom is 0.0474 e. The highest BCUT2D eigenvalue weighted by atomic mass is 35.5. The summed E-state index contributed by atoms with van der Waals surface area (Å²) in [6.07, 6.45) is 1.21. The molecule has 0 bridgehead atoms. The zero-order valence-electron chi connectivity index (χ0n) is 12.9. The Balaban J connectivity index is 2.15. The smallest absolute Gasteiger partial charge is 0.0474 e. The lowest BCUT2D eigenvalue weighted by Gasteiger charge is -2.25. The van der Waals surface area contributed by atoms with Gasteiger partial charge in [-0.05, 0) is 38.1 Å². The SMILES string of the molecule is CNC(C)c1ccc(N2CCSC(C)(C)CC2)cc1Cl. The fraction of sp³-hybridized carbons (Fsp3) is 0.625. The van der Waals surface area contributed by atoms with E-state index in [2.05, 4.69) is 60.9 Å². The Kier molecular flexibility index (Phi) is 5.27. The number of thioether (sulfide) groups is 1. The van der Waals surface area contributed by atoms with Crippen LogP contribution < -0.4 is 10.2 Å². The van der Waals surface area contributed by atoms with E-state index in [1.807, 2.05) is 7.05 Å². The van der Waals surface area contributed by atoms with Crippen molar-refractivity contribution in [3.8, 4) is 0 Å². The first-order valence-electron chi connectivity index (χ1n) is 7.28. The third-order valence-corrected chi connectivity index (χ3v) is 5.79. The Morgan fingerprint density at radius 1 is 1.35 bits per heavy atom. The number of nitrogens with one attached hydrogen (secondary N) is 1. The number of hydrogen-bond donors (Lipinski definition) is 1. The molecule has 112 valence electrons. The highest BCUT2D eigenvalue weighted by molar-refractivity contribution is 8.00. The number of hydrogen-bond acceptors (Lipinski definition) is 3. The molecule has 2 rings (SSSR count).